The summed E-state index contributed by atoms with van der Waals surface area (Å²) in [6.45, 7) is 4.77. The number of hydrogen-bond acceptors (Lipinski definition) is 3. The molecule has 3 unspecified atom stereocenters. The van der Waals surface area contributed by atoms with Gasteiger partial charge in [0.25, 0.3) is 0 Å². The van der Waals surface area contributed by atoms with E-state index in [2.05, 4.69) is 5.32 Å². The van der Waals surface area contributed by atoms with E-state index in [0.29, 0.717) is 6.42 Å². The van der Waals surface area contributed by atoms with Crippen LogP contribution in [0.15, 0.2) is 0 Å². The van der Waals surface area contributed by atoms with Crippen molar-refractivity contribution >= 4 is 18.3 Å². The van der Waals surface area contributed by atoms with E-state index in [-0.39, 0.29) is 30.3 Å². The van der Waals surface area contributed by atoms with Crippen molar-refractivity contribution in [3.8, 4) is 0 Å². The molecule has 3 atom stereocenters. The van der Waals surface area contributed by atoms with Crippen molar-refractivity contribution < 1.29 is 9.90 Å². The van der Waals surface area contributed by atoms with Crippen LogP contribution >= 0.6 is 12.4 Å². The van der Waals surface area contributed by atoms with Gasteiger partial charge in [-0.1, -0.05) is 13.8 Å². The SMILES string of the molecule is CCCC(=O)N(C)C1CCNC(O)C1C.Cl. The van der Waals surface area contributed by atoms with Gasteiger partial charge in [0, 0.05) is 25.4 Å². The van der Waals surface area contributed by atoms with Gasteiger partial charge in [0.2, 0.25) is 5.91 Å². The van der Waals surface area contributed by atoms with Crippen LogP contribution in [0.5, 0.6) is 0 Å². The monoisotopic (exact) mass is 250 g/mol. The summed E-state index contributed by atoms with van der Waals surface area (Å²) in [5, 5.41) is 12.7. The normalized spacial score (nSPS) is 29.4. The summed E-state index contributed by atoms with van der Waals surface area (Å²) in [5.41, 5.74) is 0. The Morgan fingerprint density at radius 3 is 2.75 bits per heavy atom. The van der Waals surface area contributed by atoms with E-state index in [1.807, 2.05) is 20.9 Å². The zero-order valence-electron chi connectivity index (χ0n) is 10.3. The fourth-order valence-corrected chi connectivity index (χ4v) is 2.16. The van der Waals surface area contributed by atoms with E-state index in [0.717, 1.165) is 19.4 Å². The number of aliphatic hydroxyl groups excluding tert-OH is 1. The Hall–Kier alpha value is -0.320. The maximum Gasteiger partial charge on any atom is 0.222 e. The maximum atomic E-state index is 11.7. The van der Waals surface area contributed by atoms with Gasteiger partial charge >= 0.3 is 0 Å². The molecule has 0 aromatic rings. The number of carbonyl (C=O) groups excluding carboxylic acids is 1. The molecule has 0 saturated carbocycles. The van der Waals surface area contributed by atoms with Crippen molar-refractivity contribution in [3.63, 3.8) is 0 Å². The topological polar surface area (TPSA) is 52.6 Å². The van der Waals surface area contributed by atoms with Gasteiger partial charge in [-0.05, 0) is 19.4 Å². The molecule has 1 rings (SSSR count). The molecule has 1 fully saturated rings. The Morgan fingerprint density at radius 1 is 1.56 bits per heavy atom. The largest absolute Gasteiger partial charge is 0.378 e. The molecular weight excluding hydrogens is 228 g/mol. The van der Waals surface area contributed by atoms with Gasteiger partial charge in [0.15, 0.2) is 0 Å². The zero-order chi connectivity index (χ0) is 11.4. The van der Waals surface area contributed by atoms with Crippen LogP contribution in [-0.4, -0.2) is 41.8 Å². The van der Waals surface area contributed by atoms with E-state index in [4.69, 9.17) is 0 Å². The fraction of sp³-hybridized carbons (Fsp3) is 0.909. The highest BCUT2D eigenvalue weighted by molar-refractivity contribution is 5.85. The summed E-state index contributed by atoms with van der Waals surface area (Å²) in [4.78, 5) is 13.5. The Morgan fingerprint density at radius 2 is 2.19 bits per heavy atom. The third kappa shape index (κ3) is 3.61. The quantitative estimate of drug-likeness (QED) is 0.785. The van der Waals surface area contributed by atoms with Gasteiger partial charge < -0.3 is 10.0 Å². The highest BCUT2D eigenvalue weighted by atomic mass is 35.5. The number of rotatable bonds is 3. The number of nitrogens with one attached hydrogen (secondary N) is 1. The standard InChI is InChI=1S/C11H22N2O2.ClH/c1-4-5-10(14)13(3)9-6-7-12-11(15)8(9)2;/h8-9,11-12,15H,4-7H2,1-3H3;1H. The minimum absolute atomic E-state index is 0. The molecule has 2 N–H and O–H groups in total. The molecule has 16 heavy (non-hydrogen) atoms. The number of hydrogen-bond donors (Lipinski definition) is 2. The van der Waals surface area contributed by atoms with Crippen LogP contribution in [0, 0.1) is 5.92 Å². The Bertz CT molecular complexity index is 226. The second kappa shape index (κ2) is 7.09. The van der Waals surface area contributed by atoms with Gasteiger partial charge in [-0.3, -0.25) is 10.1 Å². The lowest BCUT2D eigenvalue weighted by Crippen LogP contribution is -2.54. The third-order valence-corrected chi connectivity index (χ3v) is 3.25. The smallest absolute Gasteiger partial charge is 0.222 e. The first kappa shape index (κ1) is 15.7. The minimum atomic E-state index is -0.486. The molecule has 5 heteroatoms. The Balaban J connectivity index is 0.00000225. The first-order chi connectivity index (χ1) is 7.07. The molecule has 96 valence electrons. The lowest BCUT2D eigenvalue weighted by Gasteiger charge is -2.39. The van der Waals surface area contributed by atoms with Crippen LogP contribution < -0.4 is 5.32 Å². The van der Waals surface area contributed by atoms with Gasteiger partial charge in [-0.2, -0.15) is 0 Å². The average Bonchev–Trinajstić information content (AvgIpc) is 2.21. The van der Waals surface area contributed by atoms with E-state index >= 15 is 0 Å². The van der Waals surface area contributed by atoms with Crippen LogP contribution in [0.2, 0.25) is 0 Å². The molecule has 1 saturated heterocycles. The van der Waals surface area contributed by atoms with Gasteiger partial charge in [-0.15, -0.1) is 12.4 Å². The Labute approximate surface area is 104 Å². The molecule has 0 aliphatic carbocycles. The molecule has 0 radical (unpaired) electrons. The van der Waals surface area contributed by atoms with E-state index < -0.39 is 6.23 Å². The summed E-state index contributed by atoms with van der Waals surface area (Å²) < 4.78 is 0. The van der Waals surface area contributed by atoms with Crippen LogP contribution in [0.4, 0.5) is 0 Å². The Kier molecular flexibility index (Phi) is 6.95. The van der Waals surface area contributed by atoms with Crippen molar-refractivity contribution in [1.29, 1.82) is 0 Å². The molecule has 0 spiro atoms. The van der Waals surface area contributed by atoms with Crippen LogP contribution in [0.25, 0.3) is 0 Å². The summed E-state index contributed by atoms with van der Waals surface area (Å²) in [6, 6.07) is 0.167. The number of halogens is 1. The molecule has 1 aliphatic heterocycles. The first-order valence-electron chi connectivity index (χ1n) is 5.75. The third-order valence-electron chi connectivity index (χ3n) is 3.25. The van der Waals surface area contributed by atoms with Crippen molar-refractivity contribution in [2.45, 2.75) is 45.4 Å². The minimum Gasteiger partial charge on any atom is -0.378 e. The predicted molar refractivity (Wildman–Crippen MR) is 66.5 cm³/mol. The van der Waals surface area contributed by atoms with Crippen molar-refractivity contribution in [2.24, 2.45) is 5.92 Å². The lowest BCUT2D eigenvalue weighted by molar-refractivity contribution is -0.135. The summed E-state index contributed by atoms with van der Waals surface area (Å²) in [5.74, 6) is 0.285. The molecule has 1 heterocycles. The summed E-state index contributed by atoms with van der Waals surface area (Å²) in [6.07, 6.45) is 1.92. The molecule has 0 bridgehead atoms. The molecule has 1 aliphatic rings. The highest BCUT2D eigenvalue weighted by Gasteiger charge is 2.32. The van der Waals surface area contributed by atoms with Gasteiger partial charge in [0.05, 0.1) is 0 Å². The highest BCUT2D eigenvalue weighted by Crippen LogP contribution is 2.20. The van der Waals surface area contributed by atoms with Crippen molar-refractivity contribution in [3.05, 3.63) is 0 Å². The molecule has 4 nitrogen and oxygen atoms in total. The summed E-state index contributed by atoms with van der Waals surface area (Å²) >= 11 is 0. The second-order valence-corrected chi connectivity index (χ2v) is 4.37. The van der Waals surface area contributed by atoms with E-state index in [1.165, 1.54) is 0 Å². The van der Waals surface area contributed by atoms with E-state index in [1.54, 1.807) is 4.90 Å². The zero-order valence-corrected chi connectivity index (χ0v) is 11.1. The second-order valence-electron chi connectivity index (χ2n) is 4.37. The summed E-state index contributed by atoms with van der Waals surface area (Å²) in [7, 11) is 1.84. The van der Waals surface area contributed by atoms with Crippen molar-refractivity contribution in [1.82, 2.24) is 10.2 Å². The molecular formula is C11H23ClN2O2. The predicted octanol–water partition coefficient (Wildman–Crippen LogP) is 0.983. The van der Waals surface area contributed by atoms with Gasteiger partial charge in [-0.25, -0.2) is 0 Å². The van der Waals surface area contributed by atoms with Crippen molar-refractivity contribution in [2.75, 3.05) is 13.6 Å². The van der Waals surface area contributed by atoms with Gasteiger partial charge in [0.1, 0.15) is 6.23 Å². The average molecular weight is 251 g/mol. The number of carbonyl (C=O) groups is 1. The molecule has 1 amide bonds. The fourth-order valence-electron chi connectivity index (χ4n) is 2.16. The first-order valence-corrected chi connectivity index (χ1v) is 5.75. The number of amides is 1. The molecule has 0 aromatic carbocycles. The number of aliphatic hydroxyl groups is 1. The number of piperidine rings is 1. The number of nitrogens with zero attached hydrogens (tertiary/aromatic N) is 1. The van der Waals surface area contributed by atoms with Crippen LogP contribution in [-0.2, 0) is 4.79 Å². The van der Waals surface area contributed by atoms with Crippen LogP contribution in [0.1, 0.15) is 33.1 Å². The maximum absolute atomic E-state index is 11.7. The lowest BCUT2D eigenvalue weighted by atomic mass is 9.92. The molecule has 0 aromatic heterocycles. The van der Waals surface area contributed by atoms with E-state index in [9.17, 15) is 9.90 Å². The van der Waals surface area contributed by atoms with Crippen LogP contribution in [0.3, 0.4) is 0 Å².